The molecule has 1 aromatic heterocycles. The van der Waals surface area contributed by atoms with Crippen molar-refractivity contribution in [3.8, 4) is 17.5 Å². The maximum atomic E-state index is 13.3. The van der Waals surface area contributed by atoms with Gasteiger partial charge in [0.1, 0.15) is 5.82 Å². The number of hydrogen-bond donors (Lipinski definition) is 1. The van der Waals surface area contributed by atoms with E-state index in [4.69, 9.17) is 15.2 Å². The van der Waals surface area contributed by atoms with E-state index in [1.54, 1.807) is 0 Å². The Labute approximate surface area is 101 Å². The van der Waals surface area contributed by atoms with Crippen LogP contribution in [0.3, 0.4) is 0 Å². The second-order valence-electron chi connectivity index (χ2n) is 3.28. The zero-order valence-corrected chi connectivity index (χ0v) is 9.35. The van der Waals surface area contributed by atoms with E-state index in [0.717, 1.165) is 12.1 Å². The molecule has 0 amide bonds. The molecule has 0 aliphatic rings. The summed E-state index contributed by atoms with van der Waals surface area (Å²) in [5.41, 5.74) is 5.41. The number of nitrogens with zero attached hydrogens (tertiary/aromatic N) is 2. The minimum Gasteiger partial charge on any atom is -0.481 e. The van der Waals surface area contributed by atoms with E-state index in [1.807, 2.05) is 0 Å². The van der Waals surface area contributed by atoms with Crippen molar-refractivity contribution in [3.63, 3.8) is 0 Å². The number of rotatable bonds is 3. The van der Waals surface area contributed by atoms with Gasteiger partial charge in [-0.25, -0.2) is 8.78 Å². The molecule has 2 rings (SSSR count). The molecule has 0 unspecified atom stereocenters. The summed E-state index contributed by atoms with van der Waals surface area (Å²) in [4.78, 5) is 7.49. The van der Waals surface area contributed by atoms with Crippen LogP contribution < -0.4 is 15.2 Å². The largest absolute Gasteiger partial charge is 0.481 e. The zero-order chi connectivity index (χ0) is 13.1. The van der Waals surface area contributed by atoms with Gasteiger partial charge in [-0.15, -0.1) is 0 Å². The summed E-state index contributed by atoms with van der Waals surface area (Å²) in [7, 11) is 1.39. The molecule has 0 fully saturated rings. The quantitative estimate of drug-likeness (QED) is 0.907. The molecular weight excluding hydrogens is 244 g/mol. The van der Waals surface area contributed by atoms with Crippen LogP contribution in [0, 0.1) is 11.6 Å². The minimum absolute atomic E-state index is 0.00450. The highest BCUT2D eigenvalue weighted by atomic mass is 19.1. The molecule has 2 aromatic rings. The lowest BCUT2D eigenvalue weighted by molar-refractivity contribution is 0.384. The topological polar surface area (TPSA) is 70.3 Å². The van der Waals surface area contributed by atoms with Crippen LogP contribution in [-0.4, -0.2) is 17.1 Å². The van der Waals surface area contributed by atoms with Crippen molar-refractivity contribution >= 4 is 5.95 Å². The fourth-order valence-corrected chi connectivity index (χ4v) is 1.25. The van der Waals surface area contributed by atoms with Crippen molar-refractivity contribution in [3.05, 3.63) is 35.9 Å². The third-order valence-corrected chi connectivity index (χ3v) is 2.01. The van der Waals surface area contributed by atoms with Crippen LogP contribution in [0.15, 0.2) is 24.3 Å². The Morgan fingerprint density at radius 2 is 1.83 bits per heavy atom. The summed E-state index contributed by atoms with van der Waals surface area (Å²) in [5, 5.41) is 0. The van der Waals surface area contributed by atoms with Crippen molar-refractivity contribution < 1.29 is 18.3 Å². The van der Waals surface area contributed by atoms with Gasteiger partial charge in [-0.05, 0) is 12.1 Å². The summed E-state index contributed by atoms with van der Waals surface area (Å²) in [6.07, 6.45) is 0. The molecule has 94 valence electrons. The average molecular weight is 253 g/mol. The van der Waals surface area contributed by atoms with Gasteiger partial charge in [-0.2, -0.15) is 9.97 Å². The number of aromatic nitrogens is 2. The first-order valence-electron chi connectivity index (χ1n) is 4.90. The Kier molecular flexibility index (Phi) is 3.22. The molecule has 7 heteroatoms. The fourth-order valence-electron chi connectivity index (χ4n) is 1.25. The van der Waals surface area contributed by atoms with Gasteiger partial charge in [-0.3, -0.25) is 0 Å². The first-order valence-corrected chi connectivity index (χ1v) is 4.90. The minimum atomic E-state index is -0.842. The first-order chi connectivity index (χ1) is 8.58. The second kappa shape index (κ2) is 4.82. The monoisotopic (exact) mass is 253 g/mol. The predicted octanol–water partition coefficient (Wildman–Crippen LogP) is 2.14. The van der Waals surface area contributed by atoms with Gasteiger partial charge in [0.05, 0.1) is 13.2 Å². The lowest BCUT2D eigenvalue weighted by Crippen LogP contribution is -2.00. The number of nitrogens with two attached hydrogens (primary N) is 1. The maximum Gasteiger partial charge on any atom is 0.228 e. The van der Waals surface area contributed by atoms with Crippen molar-refractivity contribution in [2.24, 2.45) is 0 Å². The lowest BCUT2D eigenvalue weighted by Gasteiger charge is -2.07. The standard InChI is InChI=1S/C11H9F2N3O2/c1-17-9-5-10(16-11(14)15-9)18-8-3-2-6(12)4-7(8)13/h2-5H,1H3,(H2,14,15,16). The molecule has 2 N–H and O–H groups in total. The molecule has 0 saturated carbocycles. The number of anilines is 1. The smallest absolute Gasteiger partial charge is 0.228 e. The Balaban J connectivity index is 2.30. The Morgan fingerprint density at radius 3 is 2.50 bits per heavy atom. The summed E-state index contributed by atoms with van der Waals surface area (Å²) >= 11 is 0. The molecule has 0 radical (unpaired) electrons. The van der Waals surface area contributed by atoms with Gasteiger partial charge >= 0.3 is 0 Å². The molecule has 0 bridgehead atoms. The number of nitrogen functional groups attached to an aromatic ring is 1. The number of ether oxygens (including phenoxy) is 2. The molecule has 1 heterocycles. The molecule has 18 heavy (non-hydrogen) atoms. The SMILES string of the molecule is COc1cc(Oc2ccc(F)cc2F)nc(N)n1. The van der Waals surface area contributed by atoms with E-state index >= 15 is 0 Å². The number of methoxy groups -OCH3 is 1. The van der Waals surface area contributed by atoms with E-state index in [-0.39, 0.29) is 23.5 Å². The van der Waals surface area contributed by atoms with Gasteiger partial charge in [0.2, 0.25) is 17.7 Å². The van der Waals surface area contributed by atoms with Gasteiger partial charge < -0.3 is 15.2 Å². The lowest BCUT2D eigenvalue weighted by atomic mass is 10.3. The third kappa shape index (κ3) is 2.62. The molecule has 0 spiro atoms. The van der Waals surface area contributed by atoms with Gasteiger partial charge in [0, 0.05) is 6.07 Å². The van der Waals surface area contributed by atoms with Crippen LogP contribution >= 0.6 is 0 Å². The third-order valence-electron chi connectivity index (χ3n) is 2.01. The van der Waals surface area contributed by atoms with Crippen LogP contribution in [0.1, 0.15) is 0 Å². The molecule has 0 saturated heterocycles. The van der Waals surface area contributed by atoms with Crippen LogP contribution in [0.2, 0.25) is 0 Å². The van der Waals surface area contributed by atoms with Crippen LogP contribution in [0.25, 0.3) is 0 Å². The van der Waals surface area contributed by atoms with Crippen molar-refractivity contribution in [1.29, 1.82) is 0 Å². The van der Waals surface area contributed by atoms with E-state index in [2.05, 4.69) is 9.97 Å². The Morgan fingerprint density at radius 1 is 1.11 bits per heavy atom. The Bertz CT molecular complexity index is 578. The molecule has 1 aromatic carbocycles. The van der Waals surface area contributed by atoms with Gasteiger partial charge in [0.25, 0.3) is 0 Å². The van der Waals surface area contributed by atoms with Crippen LogP contribution in [0.4, 0.5) is 14.7 Å². The maximum absolute atomic E-state index is 13.3. The second-order valence-corrected chi connectivity index (χ2v) is 3.28. The van der Waals surface area contributed by atoms with E-state index < -0.39 is 11.6 Å². The number of hydrogen-bond acceptors (Lipinski definition) is 5. The molecule has 0 aliphatic heterocycles. The first kappa shape index (κ1) is 12.0. The summed E-state index contributed by atoms with van der Waals surface area (Å²) in [6.45, 7) is 0. The molecule has 0 aliphatic carbocycles. The highest BCUT2D eigenvalue weighted by molar-refractivity contribution is 5.34. The van der Waals surface area contributed by atoms with Crippen molar-refractivity contribution in [1.82, 2.24) is 9.97 Å². The zero-order valence-electron chi connectivity index (χ0n) is 9.35. The summed E-state index contributed by atoms with van der Waals surface area (Å²) < 4.78 is 36.0. The molecule has 0 atom stereocenters. The number of benzene rings is 1. The van der Waals surface area contributed by atoms with E-state index in [1.165, 1.54) is 13.2 Å². The predicted molar refractivity (Wildman–Crippen MR) is 59.4 cm³/mol. The molecule has 5 nitrogen and oxygen atoms in total. The highest BCUT2D eigenvalue weighted by Crippen LogP contribution is 2.25. The number of halogens is 2. The van der Waals surface area contributed by atoms with Crippen LogP contribution in [-0.2, 0) is 0 Å². The van der Waals surface area contributed by atoms with Crippen LogP contribution in [0.5, 0.6) is 17.5 Å². The van der Waals surface area contributed by atoms with E-state index in [9.17, 15) is 8.78 Å². The summed E-state index contributed by atoms with van der Waals surface area (Å²) in [6, 6.07) is 4.26. The summed E-state index contributed by atoms with van der Waals surface area (Å²) in [5.74, 6) is -1.60. The van der Waals surface area contributed by atoms with E-state index in [0.29, 0.717) is 6.07 Å². The Hall–Kier alpha value is -2.44. The average Bonchev–Trinajstić information content (AvgIpc) is 2.32. The highest BCUT2D eigenvalue weighted by Gasteiger charge is 2.09. The van der Waals surface area contributed by atoms with Gasteiger partial charge in [-0.1, -0.05) is 0 Å². The van der Waals surface area contributed by atoms with Gasteiger partial charge in [0.15, 0.2) is 11.6 Å². The normalized spacial score (nSPS) is 10.2. The molecular formula is C11H9F2N3O2. The fraction of sp³-hybridized carbons (Fsp3) is 0.0909. The van der Waals surface area contributed by atoms with Crippen molar-refractivity contribution in [2.75, 3.05) is 12.8 Å². The van der Waals surface area contributed by atoms with Crippen molar-refractivity contribution in [2.45, 2.75) is 0 Å².